The van der Waals surface area contributed by atoms with Crippen LogP contribution in [-0.4, -0.2) is 28.3 Å². The summed E-state index contributed by atoms with van der Waals surface area (Å²) >= 11 is 0. The van der Waals surface area contributed by atoms with Gasteiger partial charge in [-0.15, -0.1) is 0 Å². The van der Waals surface area contributed by atoms with E-state index in [1.54, 1.807) is 6.07 Å². The summed E-state index contributed by atoms with van der Waals surface area (Å²) in [5.74, 6) is -0.882. The Labute approximate surface area is 199 Å². The summed E-state index contributed by atoms with van der Waals surface area (Å²) < 4.78 is 10.9. The maximum absolute atomic E-state index is 13.3. The van der Waals surface area contributed by atoms with E-state index in [4.69, 9.17) is 9.15 Å². The van der Waals surface area contributed by atoms with Crippen LogP contribution >= 0.6 is 0 Å². The molecule has 6 nitrogen and oxygen atoms in total. The molecule has 0 fully saturated rings. The summed E-state index contributed by atoms with van der Waals surface area (Å²) in [5, 5.41) is 10.8. The molecule has 2 aromatic carbocycles. The van der Waals surface area contributed by atoms with Crippen LogP contribution in [0.3, 0.4) is 0 Å². The molecule has 0 saturated heterocycles. The summed E-state index contributed by atoms with van der Waals surface area (Å²) in [6.45, 7) is 8.99. The number of furan rings is 1. The predicted octanol–water partition coefficient (Wildman–Crippen LogP) is 5.75. The van der Waals surface area contributed by atoms with Gasteiger partial charge in [0.15, 0.2) is 11.5 Å². The molecule has 34 heavy (non-hydrogen) atoms. The van der Waals surface area contributed by atoms with E-state index in [1.165, 1.54) is 17.2 Å². The van der Waals surface area contributed by atoms with Gasteiger partial charge >= 0.3 is 0 Å². The van der Waals surface area contributed by atoms with Crippen molar-refractivity contribution >= 4 is 11.7 Å². The van der Waals surface area contributed by atoms with Crippen LogP contribution in [0.2, 0.25) is 0 Å². The lowest BCUT2D eigenvalue weighted by atomic mass is 9.85. The standard InChI is InChI=1S/C28H29NO5/c1-5-33-21-9-6-8-18(16-21)17-29-24(19-11-13-20(14-12-19)28(2,3)4)23(26(31)27(29)32)25(30)22-10-7-15-34-22/h6-16,24,31H,5,17H2,1-4H3. The highest BCUT2D eigenvalue weighted by atomic mass is 16.5. The van der Waals surface area contributed by atoms with Crippen LogP contribution in [-0.2, 0) is 16.8 Å². The first kappa shape index (κ1) is 23.4. The Kier molecular flexibility index (Phi) is 6.33. The van der Waals surface area contributed by atoms with Gasteiger partial charge in [0, 0.05) is 6.54 Å². The van der Waals surface area contributed by atoms with Crippen LogP contribution < -0.4 is 4.74 Å². The van der Waals surface area contributed by atoms with Gasteiger partial charge in [-0.1, -0.05) is 57.2 Å². The average molecular weight is 460 g/mol. The molecule has 0 aliphatic carbocycles. The maximum atomic E-state index is 13.3. The number of ketones is 1. The number of amides is 1. The van der Waals surface area contributed by atoms with Gasteiger partial charge in [0.25, 0.3) is 5.91 Å². The Balaban J connectivity index is 1.76. The van der Waals surface area contributed by atoms with Crippen LogP contribution in [0, 0.1) is 0 Å². The molecule has 3 aromatic rings. The van der Waals surface area contributed by atoms with E-state index in [2.05, 4.69) is 20.8 Å². The lowest BCUT2D eigenvalue weighted by Crippen LogP contribution is -2.30. The number of aliphatic hydroxyl groups excluding tert-OH is 1. The molecule has 0 spiro atoms. The molecule has 6 heteroatoms. The smallest absolute Gasteiger partial charge is 0.290 e. The molecular weight excluding hydrogens is 430 g/mol. The average Bonchev–Trinajstić information content (AvgIpc) is 3.42. The number of rotatable bonds is 7. The van der Waals surface area contributed by atoms with E-state index >= 15 is 0 Å². The van der Waals surface area contributed by atoms with Crippen molar-refractivity contribution in [1.82, 2.24) is 4.90 Å². The summed E-state index contributed by atoms with van der Waals surface area (Å²) in [7, 11) is 0. The number of aliphatic hydroxyl groups is 1. The number of hydrogen-bond donors (Lipinski definition) is 1. The van der Waals surface area contributed by atoms with Crippen LogP contribution in [0.25, 0.3) is 0 Å². The molecule has 1 aromatic heterocycles. The minimum absolute atomic E-state index is 0.0180. The van der Waals surface area contributed by atoms with Gasteiger partial charge in [-0.3, -0.25) is 9.59 Å². The van der Waals surface area contributed by atoms with Gasteiger partial charge in [0.1, 0.15) is 5.75 Å². The molecule has 0 bridgehead atoms. The number of carbonyl (C=O) groups is 2. The fourth-order valence-corrected chi connectivity index (χ4v) is 4.20. The molecular formula is C28H29NO5. The van der Waals surface area contributed by atoms with E-state index in [-0.39, 0.29) is 23.3 Å². The van der Waals surface area contributed by atoms with Gasteiger partial charge in [0.2, 0.25) is 5.78 Å². The Bertz CT molecular complexity index is 1220. The van der Waals surface area contributed by atoms with E-state index < -0.39 is 23.5 Å². The third kappa shape index (κ3) is 4.49. The summed E-state index contributed by atoms with van der Waals surface area (Å²) in [6.07, 6.45) is 1.39. The molecule has 1 amide bonds. The Morgan fingerprint density at radius 3 is 2.44 bits per heavy atom. The van der Waals surface area contributed by atoms with Crippen LogP contribution in [0.1, 0.15) is 61.0 Å². The van der Waals surface area contributed by atoms with Gasteiger partial charge < -0.3 is 19.2 Å². The SMILES string of the molecule is CCOc1cccc(CN2C(=O)C(O)=C(C(=O)c3ccco3)C2c2ccc(C(C)(C)C)cc2)c1. The van der Waals surface area contributed by atoms with Gasteiger partial charge in [0.05, 0.1) is 24.5 Å². The molecule has 176 valence electrons. The number of carbonyl (C=O) groups excluding carboxylic acids is 2. The van der Waals surface area contributed by atoms with Crippen LogP contribution in [0.4, 0.5) is 0 Å². The van der Waals surface area contributed by atoms with Crippen molar-refractivity contribution in [3.05, 3.63) is 101 Å². The normalized spacial score (nSPS) is 16.3. The summed E-state index contributed by atoms with van der Waals surface area (Å²) in [5.41, 5.74) is 2.67. The Morgan fingerprint density at radius 2 is 1.82 bits per heavy atom. The van der Waals surface area contributed by atoms with Crippen molar-refractivity contribution in [2.45, 2.75) is 45.7 Å². The molecule has 2 heterocycles. The number of hydrogen-bond acceptors (Lipinski definition) is 5. The summed E-state index contributed by atoms with van der Waals surface area (Å²) in [6, 6.07) is 17.7. The number of Topliss-reactive ketones (excluding diaryl/α,β-unsaturated/α-hetero) is 1. The van der Waals surface area contributed by atoms with Gasteiger partial charge in [-0.25, -0.2) is 0 Å². The highest BCUT2D eigenvalue weighted by Gasteiger charge is 2.44. The number of benzene rings is 2. The molecule has 1 N–H and O–H groups in total. The molecule has 4 rings (SSSR count). The minimum Gasteiger partial charge on any atom is -0.503 e. The van der Waals surface area contributed by atoms with E-state index in [0.717, 1.165) is 16.7 Å². The van der Waals surface area contributed by atoms with E-state index in [9.17, 15) is 14.7 Å². The molecule has 1 unspecified atom stereocenters. The van der Waals surface area contributed by atoms with E-state index in [1.807, 2.05) is 55.5 Å². The number of nitrogens with zero attached hydrogens (tertiary/aromatic N) is 1. The first-order valence-corrected chi connectivity index (χ1v) is 11.3. The molecule has 1 aliphatic rings. The second-order valence-corrected chi connectivity index (χ2v) is 9.36. The largest absolute Gasteiger partial charge is 0.503 e. The monoisotopic (exact) mass is 459 g/mol. The topological polar surface area (TPSA) is 80.0 Å². The molecule has 0 saturated carbocycles. The van der Waals surface area contributed by atoms with Crippen molar-refractivity contribution in [3.63, 3.8) is 0 Å². The van der Waals surface area contributed by atoms with Gasteiger partial charge in [-0.2, -0.15) is 0 Å². The Morgan fingerprint density at radius 1 is 1.09 bits per heavy atom. The second kappa shape index (κ2) is 9.21. The quantitative estimate of drug-likeness (QED) is 0.455. The fraction of sp³-hybridized carbons (Fsp3) is 0.286. The van der Waals surface area contributed by atoms with Gasteiger partial charge in [-0.05, 0) is 53.3 Å². The van der Waals surface area contributed by atoms with Crippen molar-refractivity contribution in [2.24, 2.45) is 0 Å². The van der Waals surface area contributed by atoms with Crippen molar-refractivity contribution in [3.8, 4) is 5.75 Å². The summed E-state index contributed by atoms with van der Waals surface area (Å²) in [4.78, 5) is 28.0. The van der Waals surface area contributed by atoms with E-state index in [0.29, 0.717) is 12.4 Å². The second-order valence-electron chi connectivity index (χ2n) is 9.36. The van der Waals surface area contributed by atoms with Crippen molar-refractivity contribution < 1.29 is 23.8 Å². The number of ether oxygens (including phenoxy) is 1. The maximum Gasteiger partial charge on any atom is 0.290 e. The zero-order valence-corrected chi connectivity index (χ0v) is 19.9. The fourth-order valence-electron chi connectivity index (χ4n) is 4.20. The third-order valence-electron chi connectivity index (χ3n) is 5.95. The third-order valence-corrected chi connectivity index (χ3v) is 5.95. The first-order chi connectivity index (χ1) is 16.2. The first-order valence-electron chi connectivity index (χ1n) is 11.3. The zero-order valence-electron chi connectivity index (χ0n) is 19.9. The van der Waals surface area contributed by atoms with Crippen LogP contribution in [0.15, 0.2) is 82.7 Å². The van der Waals surface area contributed by atoms with Crippen LogP contribution in [0.5, 0.6) is 5.75 Å². The highest BCUT2D eigenvalue weighted by Crippen LogP contribution is 2.40. The minimum atomic E-state index is -0.755. The lowest BCUT2D eigenvalue weighted by Gasteiger charge is -2.28. The molecule has 1 atom stereocenters. The van der Waals surface area contributed by atoms with Crippen molar-refractivity contribution in [2.75, 3.05) is 6.61 Å². The van der Waals surface area contributed by atoms with Crippen molar-refractivity contribution in [1.29, 1.82) is 0 Å². The Hall–Kier alpha value is -3.80. The highest BCUT2D eigenvalue weighted by molar-refractivity contribution is 6.15. The predicted molar refractivity (Wildman–Crippen MR) is 129 cm³/mol. The molecule has 1 aliphatic heterocycles. The lowest BCUT2D eigenvalue weighted by molar-refractivity contribution is -0.130. The molecule has 0 radical (unpaired) electrons. The zero-order chi connectivity index (χ0) is 24.5.